The third-order valence-corrected chi connectivity index (χ3v) is 3.20. The molecule has 0 unspecified atom stereocenters. The predicted octanol–water partition coefficient (Wildman–Crippen LogP) is 2.72. The normalized spacial score (nSPS) is 9.61. The van der Waals surface area contributed by atoms with E-state index in [2.05, 4.69) is 5.32 Å². The molecule has 4 nitrogen and oxygen atoms in total. The van der Waals surface area contributed by atoms with Crippen LogP contribution in [0.5, 0.6) is 11.5 Å². The van der Waals surface area contributed by atoms with E-state index in [-0.39, 0.29) is 37.8 Å². The molecule has 3 N–H and O–H groups in total. The summed E-state index contributed by atoms with van der Waals surface area (Å²) in [6.07, 6.45) is 0. The van der Waals surface area contributed by atoms with Crippen molar-refractivity contribution in [1.82, 2.24) is 0 Å². The van der Waals surface area contributed by atoms with Gasteiger partial charge in [0.05, 0.1) is 4.88 Å². The molecule has 2 aromatic rings. The van der Waals surface area contributed by atoms with E-state index in [9.17, 15) is 9.90 Å². The van der Waals surface area contributed by atoms with Gasteiger partial charge in [0.25, 0.3) is 5.91 Å². The van der Waals surface area contributed by atoms with Gasteiger partial charge in [-0.25, -0.2) is 0 Å². The topological polar surface area (TPSA) is 69.6 Å². The number of phenols is 2. The van der Waals surface area contributed by atoms with E-state index in [1.165, 1.54) is 29.5 Å². The Balaban J connectivity index is 0.00000162. The maximum atomic E-state index is 11.8. The second kappa shape index (κ2) is 6.01. The van der Waals surface area contributed by atoms with Crippen molar-refractivity contribution >= 4 is 22.9 Å². The van der Waals surface area contributed by atoms with E-state index in [0.29, 0.717) is 10.6 Å². The number of thiophene rings is 1. The number of anilines is 1. The van der Waals surface area contributed by atoms with Crippen LogP contribution < -0.4 is 5.32 Å². The van der Waals surface area contributed by atoms with Crippen molar-refractivity contribution < 1.29 is 35.4 Å². The van der Waals surface area contributed by atoms with Gasteiger partial charge in [-0.2, -0.15) is 0 Å². The average Bonchev–Trinajstić information content (AvgIpc) is 2.70. The zero-order chi connectivity index (χ0) is 12.4. The van der Waals surface area contributed by atoms with E-state index in [0.717, 1.165) is 4.88 Å². The molecular formula is C12H11NO3ReS. The molecule has 0 fully saturated rings. The second-order valence-corrected chi connectivity index (χ2v) is 4.86. The van der Waals surface area contributed by atoms with Gasteiger partial charge >= 0.3 is 0 Å². The molecule has 1 radical (unpaired) electrons. The summed E-state index contributed by atoms with van der Waals surface area (Å²) in [7, 11) is 0. The zero-order valence-electron chi connectivity index (χ0n) is 9.48. The smallest absolute Gasteiger partial charge is 0.265 e. The number of hydrogen-bond donors (Lipinski definition) is 3. The fraction of sp³-hybridized carbons (Fsp3) is 0.0833. The van der Waals surface area contributed by atoms with Gasteiger partial charge in [-0.1, -0.05) is 0 Å². The molecule has 0 aliphatic rings. The number of carbonyl (C=O) groups excluding carboxylic acids is 1. The van der Waals surface area contributed by atoms with Crippen molar-refractivity contribution in [2.45, 2.75) is 6.92 Å². The second-order valence-electron chi connectivity index (χ2n) is 3.57. The molecule has 95 valence electrons. The number of nitrogens with one attached hydrogen (secondary N) is 1. The largest absolute Gasteiger partial charge is 0.504 e. The first kappa shape index (κ1) is 14.7. The quantitative estimate of drug-likeness (QED) is 0.502. The standard InChI is InChI=1S/C12H11NO3S.Re/c1-7-2-5-11(17-7)12(16)13-8-3-4-9(14)10(15)6-8;/h2-6,14-15H,1H3,(H,13,16);. The van der Waals surface area contributed by atoms with Gasteiger partial charge in [0, 0.05) is 37.1 Å². The molecule has 0 aliphatic carbocycles. The molecule has 0 spiro atoms. The van der Waals surface area contributed by atoms with Crippen LogP contribution in [0.15, 0.2) is 30.3 Å². The Morgan fingerprint density at radius 3 is 2.44 bits per heavy atom. The summed E-state index contributed by atoms with van der Waals surface area (Å²) in [6.45, 7) is 1.92. The maximum absolute atomic E-state index is 11.8. The van der Waals surface area contributed by atoms with Gasteiger partial charge < -0.3 is 15.5 Å². The van der Waals surface area contributed by atoms with Gasteiger partial charge in [0.15, 0.2) is 11.5 Å². The Kier molecular flexibility index (Phi) is 4.91. The molecule has 0 saturated carbocycles. The van der Waals surface area contributed by atoms with Gasteiger partial charge in [-0.15, -0.1) is 11.3 Å². The number of benzene rings is 1. The van der Waals surface area contributed by atoms with Crippen LogP contribution in [0.3, 0.4) is 0 Å². The maximum Gasteiger partial charge on any atom is 0.265 e. The Morgan fingerprint density at radius 1 is 1.17 bits per heavy atom. The molecule has 6 heteroatoms. The van der Waals surface area contributed by atoms with Gasteiger partial charge in [-0.3, -0.25) is 4.79 Å². The molecular weight excluding hydrogens is 424 g/mol. The Bertz CT molecular complexity index is 568. The minimum Gasteiger partial charge on any atom is -0.504 e. The van der Waals surface area contributed by atoms with Crippen molar-refractivity contribution in [2.75, 3.05) is 5.32 Å². The summed E-state index contributed by atoms with van der Waals surface area (Å²) >= 11 is 1.40. The Labute approximate surface area is 122 Å². The minimum absolute atomic E-state index is 0. The van der Waals surface area contributed by atoms with Crippen LogP contribution in [0.2, 0.25) is 0 Å². The molecule has 0 atom stereocenters. The summed E-state index contributed by atoms with van der Waals surface area (Å²) in [4.78, 5) is 13.4. The fourth-order valence-electron chi connectivity index (χ4n) is 1.35. The van der Waals surface area contributed by atoms with Crippen LogP contribution in [0.1, 0.15) is 14.5 Å². The predicted molar refractivity (Wildman–Crippen MR) is 66.8 cm³/mol. The van der Waals surface area contributed by atoms with E-state index in [4.69, 9.17) is 5.11 Å². The van der Waals surface area contributed by atoms with E-state index < -0.39 is 0 Å². The van der Waals surface area contributed by atoms with Crippen LogP contribution in [0, 0.1) is 6.92 Å². The van der Waals surface area contributed by atoms with Crippen molar-refractivity contribution in [2.24, 2.45) is 0 Å². The minimum atomic E-state index is -0.259. The van der Waals surface area contributed by atoms with Crippen molar-refractivity contribution in [3.05, 3.63) is 40.1 Å². The molecule has 18 heavy (non-hydrogen) atoms. The van der Waals surface area contributed by atoms with Crippen LogP contribution in [-0.2, 0) is 20.4 Å². The number of aryl methyl sites for hydroxylation is 1. The number of hydrogen-bond acceptors (Lipinski definition) is 4. The average molecular weight is 435 g/mol. The Morgan fingerprint density at radius 2 is 1.89 bits per heavy atom. The van der Waals surface area contributed by atoms with Crippen molar-refractivity contribution in [3.8, 4) is 11.5 Å². The molecule has 1 amide bonds. The number of amides is 1. The zero-order valence-corrected chi connectivity index (χ0v) is 13.0. The van der Waals surface area contributed by atoms with Crippen molar-refractivity contribution in [1.29, 1.82) is 0 Å². The first-order valence-corrected chi connectivity index (χ1v) is 5.77. The third kappa shape index (κ3) is 3.33. The molecule has 2 rings (SSSR count). The van der Waals surface area contributed by atoms with Gasteiger partial charge in [-0.05, 0) is 31.2 Å². The summed E-state index contributed by atoms with van der Waals surface area (Å²) in [5.74, 6) is -0.701. The molecule has 0 saturated heterocycles. The number of rotatable bonds is 2. The van der Waals surface area contributed by atoms with E-state index >= 15 is 0 Å². The molecule has 0 bridgehead atoms. The molecule has 1 aromatic heterocycles. The Hall–Kier alpha value is -1.35. The first-order valence-electron chi connectivity index (χ1n) is 4.96. The monoisotopic (exact) mass is 436 g/mol. The summed E-state index contributed by atoms with van der Waals surface area (Å²) in [5.41, 5.74) is 0.441. The number of phenolic OH excluding ortho intramolecular Hbond substituents is 2. The third-order valence-electron chi connectivity index (χ3n) is 2.20. The molecule has 1 heterocycles. The van der Waals surface area contributed by atoms with E-state index in [1.807, 2.05) is 13.0 Å². The van der Waals surface area contributed by atoms with Crippen LogP contribution in [-0.4, -0.2) is 16.1 Å². The van der Waals surface area contributed by atoms with Crippen LogP contribution in [0.25, 0.3) is 0 Å². The fourth-order valence-corrected chi connectivity index (χ4v) is 2.11. The summed E-state index contributed by atoms with van der Waals surface area (Å²) in [6, 6.07) is 7.76. The summed E-state index contributed by atoms with van der Waals surface area (Å²) in [5, 5.41) is 21.1. The van der Waals surface area contributed by atoms with Gasteiger partial charge in [0.1, 0.15) is 0 Å². The van der Waals surface area contributed by atoms with Crippen LogP contribution >= 0.6 is 11.3 Å². The number of aromatic hydroxyl groups is 2. The SMILES string of the molecule is Cc1ccc(C(=O)Nc2ccc(O)c(O)c2)s1.[Re]. The van der Waals surface area contributed by atoms with E-state index in [1.54, 1.807) is 6.07 Å². The van der Waals surface area contributed by atoms with Crippen LogP contribution in [0.4, 0.5) is 5.69 Å². The number of carbonyl (C=O) groups is 1. The molecule has 1 aromatic carbocycles. The summed E-state index contributed by atoms with van der Waals surface area (Å²) < 4.78 is 0. The molecule has 0 aliphatic heterocycles. The first-order chi connectivity index (χ1) is 8.06. The van der Waals surface area contributed by atoms with Crippen molar-refractivity contribution in [3.63, 3.8) is 0 Å². The van der Waals surface area contributed by atoms with Gasteiger partial charge in [0.2, 0.25) is 0 Å².